The molecule has 0 N–H and O–H groups in total. The molecule has 0 saturated heterocycles. The van der Waals surface area contributed by atoms with Crippen LogP contribution in [0.5, 0.6) is 0 Å². The van der Waals surface area contributed by atoms with Gasteiger partial charge in [0.25, 0.3) is 0 Å². The molecule has 0 atom stereocenters. The third-order valence-electron chi connectivity index (χ3n) is 3.23. The highest BCUT2D eigenvalue weighted by Crippen LogP contribution is 2.15. The Kier molecular flexibility index (Phi) is 3.56. The molecule has 2 aromatic heterocycles. The molecule has 0 radical (unpaired) electrons. The zero-order valence-electron chi connectivity index (χ0n) is 11.7. The van der Waals surface area contributed by atoms with Gasteiger partial charge >= 0.3 is 0 Å². The van der Waals surface area contributed by atoms with E-state index in [1.165, 1.54) is 0 Å². The second-order valence-corrected chi connectivity index (χ2v) is 4.87. The molecule has 0 saturated carbocycles. The highest BCUT2D eigenvalue weighted by molar-refractivity contribution is 6.06. The number of hydrogen-bond acceptors (Lipinski definition) is 3. The lowest BCUT2D eigenvalue weighted by atomic mass is 10.1. The van der Waals surface area contributed by atoms with Crippen LogP contribution >= 0.6 is 0 Å². The Morgan fingerprint density at radius 2 is 1.81 bits per heavy atom. The average Bonchev–Trinajstić information content (AvgIpc) is 2.53. The Hall–Kier alpha value is -2.81. The van der Waals surface area contributed by atoms with E-state index in [4.69, 9.17) is 0 Å². The van der Waals surface area contributed by atoms with Crippen molar-refractivity contribution in [2.24, 2.45) is 0 Å². The number of benzene rings is 1. The average molecular weight is 274 g/mol. The van der Waals surface area contributed by atoms with Gasteiger partial charge in [-0.05, 0) is 48.4 Å². The van der Waals surface area contributed by atoms with E-state index in [1.54, 1.807) is 30.6 Å². The summed E-state index contributed by atoms with van der Waals surface area (Å²) in [4.78, 5) is 20.6. The molecule has 0 fully saturated rings. The van der Waals surface area contributed by atoms with Crippen LogP contribution in [-0.2, 0) is 0 Å². The predicted octanol–water partition coefficient (Wildman–Crippen LogP) is 3.83. The summed E-state index contributed by atoms with van der Waals surface area (Å²) < 4.78 is 0. The molecule has 3 heteroatoms. The van der Waals surface area contributed by atoms with E-state index in [0.29, 0.717) is 5.69 Å². The molecular formula is C18H14N2O. The zero-order valence-corrected chi connectivity index (χ0v) is 11.7. The summed E-state index contributed by atoms with van der Waals surface area (Å²) in [7, 11) is 0. The van der Waals surface area contributed by atoms with Gasteiger partial charge in [0.15, 0.2) is 0 Å². The molecular weight excluding hydrogens is 260 g/mol. The number of aryl methyl sites for hydroxylation is 1. The van der Waals surface area contributed by atoms with Crippen LogP contribution in [0.25, 0.3) is 17.0 Å². The van der Waals surface area contributed by atoms with Crippen molar-refractivity contribution in [3.8, 4) is 0 Å². The Balaban J connectivity index is 1.89. The van der Waals surface area contributed by atoms with Crippen LogP contribution in [0.15, 0.2) is 60.9 Å². The molecule has 2 heterocycles. The van der Waals surface area contributed by atoms with Crippen molar-refractivity contribution in [3.63, 3.8) is 0 Å². The monoisotopic (exact) mass is 274 g/mol. The van der Waals surface area contributed by atoms with E-state index >= 15 is 0 Å². The molecule has 0 unspecified atom stereocenters. The molecule has 3 aromatic rings. The minimum atomic E-state index is -0.102. The molecule has 102 valence electrons. The van der Waals surface area contributed by atoms with Crippen LogP contribution in [0.4, 0.5) is 0 Å². The second kappa shape index (κ2) is 5.67. The maximum atomic E-state index is 12.2. The Labute approximate surface area is 123 Å². The van der Waals surface area contributed by atoms with Gasteiger partial charge in [-0.2, -0.15) is 0 Å². The third-order valence-corrected chi connectivity index (χ3v) is 3.23. The zero-order chi connectivity index (χ0) is 14.7. The molecule has 21 heavy (non-hydrogen) atoms. The molecule has 0 aliphatic carbocycles. The van der Waals surface area contributed by atoms with E-state index in [-0.39, 0.29) is 5.78 Å². The lowest BCUT2D eigenvalue weighted by Gasteiger charge is -2.01. The minimum absolute atomic E-state index is 0.102. The van der Waals surface area contributed by atoms with Crippen molar-refractivity contribution in [2.75, 3.05) is 0 Å². The Morgan fingerprint density at radius 1 is 1.05 bits per heavy atom. The van der Waals surface area contributed by atoms with E-state index < -0.39 is 0 Å². The van der Waals surface area contributed by atoms with Gasteiger partial charge in [0.2, 0.25) is 5.78 Å². The fourth-order valence-electron chi connectivity index (χ4n) is 2.10. The van der Waals surface area contributed by atoms with Gasteiger partial charge in [-0.25, -0.2) is 4.98 Å². The quantitative estimate of drug-likeness (QED) is 0.538. The van der Waals surface area contributed by atoms with Gasteiger partial charge in [0, 0.05) is 17.8 Å². The van der Waals surface area contributed by atoms with Crippen LogP contribution in [0.2, 0.25) is 0 Å². The number of hydrogen-bond donors (Lipinski definition) is 0. The fourth-order valence-corrected chi connectivity index (χ4v) is 2.10. The third kappa shape index (κ3) is 3.03. The van der Waals surface area contributed by atoms with E-state index in [9.17, 15) is 4.79 Å². The maximum Gasteiger partial charge on any atom is 0.204 e. The van der Waals surface area contributed by atoms with E-state index in [2.05, 4.69) is 9.97 Å². The maximum absolute atomic E-state index is 12.2. The number of fused-ring (bicyclic) bond motifs is 1. The summed E-state index contributed by atoms with van der Waals surface area (Å²) in [6, 6.07) is 13.4. The topological polar surface area (TPSA) is 42.9 Å². The van der Waals surface area contributed by atoms with Crippen molar-refractivity contribution in [3.05, 3.63) is 77.8 Å². The molecule has 0 bridgehead atoms. The van der Waals surface area contributed by atoms with Crippen LogP contribution in [-0.4, -0.2) is 15.8 Å². The van der Waals surface area contributed by atoms with Gasteiger partial charge in [-0.15, -0.1) is 0 Å². The number of allylic oxidation sites excluding steroid dienone is 1. The first-order valence-electron chi connectivity index (χ1n) is 6.72. The molecule has 0 aliphatic heterocycles. The summed E-state index contributed by atoms with van der Waals surface area (Å²) in [6.45, 7) is 2.01. The first-order chi connectivity index (χ1) is 10.2. The van der Waals surface area contributed by atoms with Gasteiger partial charge in [-0.3, -0.25) is 9.78 Å². The summed E-state index contributed by atoms with van der Waals surface area (Å²) in [5.41, 5.74) is 3.37. The standard InChI is InChI=1S/C18H14N2O/c1-13-2-4-15-5-6-16(20-17(15)12-13)18(21)7-3-14-8-10-19-11-9-14/h2-12H,1H3. The second-order valence-electron chi connectivity index (χ2n) is 4.87. The van der Waals surface area contributed by atoms with Gasteiger partial charge in [-0.1, -0.05) is 24.3 Å². The molecule has 3 nitrogen and oxygen atoms in total. The Bertz CT molecular complexity index is 823. The highest BCUT2D eigenvalue weighted by atomic mass is 16.1. The van der Waals surface area contributed by atoms with Gasteiger partial charge in [0.1, 0.15) is 5.69 Å². The number of pyridine rings is 2. The lowest BCUT2D eigenvalue weighted by Crippen LogP contribution is -1.98. The number of carbonyl (C=O) groups is 1. The summed E-state index contributed by atoms with van der Waals surface area (Å²) in [5.74, 6) is -0.102. The van der Waals surface area contributed by atoms with Crippen molar-refractivity contribution >= 4 is 22.8 Å². The number of carbonyl (C=O) groups excluding carboxylic acids is 1. The van der Waals surface area contributed by atoms with Gasteiger partial charge < -0.3 is 0 Å². The first kappa shape index (κ1) is 13.2. The van der Waals surface area contributed by atoms with Crippen molar-refractivity contribution in [1.82, 2.24) is 9.97 Å². The van der Waals surface area contributed by atoms with E-state index in [0.717, 1.165) is 22.0 Å². The number of rotatable bonds is 3. The number of nitrogens with zero attached hydrogens (tertiary/aromatic N) is 2. The highest BCUT2D eigenvalue weighted by Gasteiger charge is 2.05. The van der Waals surface area contributed by atoms with Crippen molar-refractivity contribution in [1.29, 1.82) is 0 Å². The number of aromatic nitrogens is 2. The molecule has 0 amide bonds. The van der Waals surface area contributed by atoms with Crippen molar-refractivity contribution in [2.45, 2.75) is 6.92 Å². The fraction of sp³-hybridized carbons (Fsp3) is 0.0556. The molecule has 1 aromatic carbocycles. The van der Waals surface area contributed by atoms with Gasteiger partial charge in [0.05, 0.1) is 5.52 Å². The van der Waals surface area contributed by atoms with Crippen LogP contribution in [0.3, 0.4) is 0 Å². The van der Waals surface area contributed by atoms with Crippen LogP contribution in [0.1, 0.15) is 21.6 Å². The predicted molar refractivity (Wildman–Crippen MR) is 84.1 cm³/mol. The van der Waals surface area contributed by atoms with Crippen molar-refractivity contribution < 1.29 is 4.79 Å². The first-order valence-corrected chi connectivity index (χ1v) is 6.72. The molecule has 0 aliphatic rings. The molecule has 0 spiro atoms. The Morgan fingerprint density at radius 3 is 2.62 bits per heavy atom. The minimum Gasteiger partial charge on any atom is -0.288 e. The summed E-state index contributed by atoms with van der Waals surface area (Å²) >= 11 is 0. The summed E-state index contributed by atoms with van der Waals surface area (Å²) in [6.07, 6.45) is 6.70. The van der Waals surface area contributed by atoms with Crippen LogP contribution in [0, 0.1) is 6.92 Å². The largest absolute Gasteiger partial charge is 0.288 e. The summed E-state index contributed by atoms with van der Waals surface area (Å²) in [5, 5.41) is 1.04. The van der Waals surface area contributed by atoms with E-state index in [1.807, 2.05) is 43.3 Å². The SMILES string of the molecule is Cc1ccc2ccc(C(=O)C=Cc3ccncc3)nc2c1. The van der Waals surface area contributed by atoms with Crippen LogP contribution < -0.4 is 0 Å². The lowest BCUT2D eigenvalue weighted by molar-refractivity contribution is 0.104. The normalized spacial score (nSPS) is 11.1. The molecule has 3 rings (SSSR count). The smallest absolute Gasteiger partial charge is 0.204 e. The number of ketones is 1.